The van der Waals surface area contributed by atoms with Crippen LogP contribution in [0.4, 0.5) is 0 Å². The number of hydrogen-bond acceptors (Lipinski definition) is 2. The number of rotatable bonds is 6. The molecule has 0 heterocycles. The Kier molecular flexibility index (Phi) is 6.91. The monoisotopic (exact) mass is 277 g/mol. The molecular weight excluding hydrogens is 250 g/mol. The zero-order chi connectivity index (χ0) is 15.0. The molecule has 0 aromatic heterocycles. The van der Waals surface area contributed by atoms with Gasteiger partial charge in [0.25, 0.3) is 0 Å². The van der Waals surface area contributed by atoms with Crippen LogP contribution in [-0.2, 0) is 6.54 Å². The molecule has 0 fully saturated rings. The van der Waals surface area contributed by atoms with Crippen LogP contribution in [0.5, 0.6) is 5.75 Å². The predicted molar refractivity (Wildman–Crippen MR) is 85.4 cm³/mol. The fourth-order valence-electron chi connectivity index (χ4n) is 1.89. The maximum atomic E-state index is 5.55. The Hall–Kier alpha value is -1.71. The van der Waals surface area contributed by atoms with Gasteiger partial charge in [0.2, 0.25) is 0 Å². The minimum Gasteiger partial charge on any atom is -0.494 e. The van der Waals surface area contributed by atoms with E-state index in [1.165, 1.54) is 5.56 Å². The molecule has 0 bridgehead atoms. The first-order chi connectivity index (χ1) is 9.56. The van der Waals surface area contributed by atoms with Gasteiger partial charge in [-0.15, -0.1) is 0 Å². The third kappa shape index (κ3) is 5.51. The Morgan fingerprint density at radius 1 is 1.30 bits per heavy atom. The summed E-state index contributed by atoms with van der Waals surface area (Å²) in [4.78, 5) is 4.59. The molecule has 4 heteroatoms. The molecule has 0 aliphatic rings. The Morgan fingerprint density at radius 3 is 2.60 bits per heavy atom. The van der Waals surface area contributed by atoms with Gasteiger partial charge in [0, 0.05) is 12.6 Å². The lowest BCUT2D eigenvalue weighted by Gasteiger charge is -2.14. The number of benzene rings is 1. The van der Waals surface area contributed by atoms with E-state index < -0.39 is 0 Å². The Labute approximate surface area is 122 Å². The van der Waals surface area contributed by atoms with Crippen molar-refractivity contribution in [3.63, 3.8) is 0 Å². The van der Waals surface area contributed by atoms with Crippen molar-refractivity contribution in [3.8, 4) is 5.75 Å². The molecule has 0 amide bonds. The fraction of sp³-hybridized carbons (Fsp3) is 0.562. The number of nitrogens with one attached hydrogen (secondary N) is 2. The van der Waals surface area contributed by atoms with Crippen molar-refractivity contribution in [2.75, 3.05) is 13.2 Å². The minimum absolute atomic E-state index is 0.370. The third-order valence-corrected chi connectivity index (χ3v) is 2.73. The van der Waals surface area contributed by atoms with E-state index in [1.807, 2.05) is 13.0 Å². The molecule has 0 unspecified atom stereocenters. The topological polar surface area (TPSA) is 45.7 Å². The summed E-state index contributed by atoms with van der Waals surface area (Å²) in [5, 5.41) is 6.56. The molecule has 1 rings (SSSR count). The van der Waals surface area contributed by atoms with Crippen LogP contribution in [0.2, 0.25) is 0 Å². The quantitative estimate of drug-likeness (QED) is 0.621. The van der Waals surface area contributed by atoms with Crippen molar-refractivity contribution in [2.45, 2.75) is 47.2 Å². The average Bonchev–Trinajstić information content (AvgIpc) is 2.39. The summed E-state index contributed by atoms with van der Waals surface area (Å²) >= 11 is 0. The lowest BCUT2D eigenvalue weighted by molar-refractivity contribution is 0.338. The van der Waals surface area contributed by atoms with E-state index in [1.54, 1.807) is 0 Å². The van der Waals surface area contributed by atoms with Crippen molar-refractivity contribution in [1.82, 2.24) is 10.6 Å². The van der Waals surface area contributed by atoms with E-state index in [0.717, 1.165) is 23.8 Å². The lowest BCUT2D eigenvalue weighted by Crippen LogP contribution is -2.40. The maximum absolute atomic E-state index is 5.55. The van der Waals surface area contributed by atoms with E-state index in [4.69, 9.17) is 4.74 Å². The molecule has 0 aliphatic carbocycles. The number of hydrogen-bond donors (Lipinski definition) is 2. The fourth-order valence-corrected chi connectivity index (χ4v) is 1.89. The molecular formula is C16H27N3O. The highest BCUT2D eigenvalue weighted by Crippen LogP contribution is 2.19. The standard InChI is InChI=1S/C16H27N3O/c1-6-17-16(19-12(3)4)18-11-14-8-9-15(20-7-2)13(5)10-14/h8-10,12H,6-7,11H2,1-5H3,(H2,17,18,19). The molecule has 112 valence electrons. The van der Waals surface area contributed by atoms with E-state index in [9.17, 15) is 0 Å². The summed E-state index contributed by atoms with van der Waals surface area (Å²) < 4.78 is 5.55. The maximum Gasteiger partial charge on any atom is 0.191 e. The van der Waals surface area contributed by atoms with Crippen LogP contribution >= 0.6 is 0 Å². The second-order valence-electron chi connectivity index (χ2n) is 5.03. The van der Waals surface area contributed by atoms with Gasteiger partial charge in [-0.3, -0.25) is 0 Å². The molecule has 4 nitrogen and oxygen atoms in total. The van der Waals surface area contributed by atoms with E-state index in [0.29, 0.717) is 19.2 Å². The van der Waals surface area contributed by atoms with Gasteiger partial charge in [-0.2, -0.15) is 0 Å². The summed E-state index contributed by atoms with van der Waals surface area (Å²) in [7, 11) is 0. The minimum atomic E-state index is 0.370. The van der Waals surface area contributed by atoms with Crippen molar-refractivity contribution < 1.29 is 4.74 Å². The van der Waals surface area contributed by atoms with Gasteiger partial charge in [-0.05, 0) is 51.8 Å². The molecule has 0 spiro atoms. The van der Waals surface area contributed by atoms with Crippen molar-refractivity contribution in [2.24, 2.45) is 4.99 Å². The van der Waals surface area contributed by atoms with Crippen molar-refractivity contribution in [3.05, 3.63) is 29.3 Å². The molecule has 0 aliphatic heterocycles. The number of aryl methyl sites for hydroxylation is 1. The Bertz CT molecular complexity index is 441. The Balaban J connectivity index is 2.73. The summed E-state index contributed by atoms with van der Waals surface area (Å²) in [5.74, 6) is 1.81. The lowest BCUT2D eigenvalue weighted by atomic mass is 10.1. The number of aliphatic imine (C=N–C) groups is 1. The molecule has 1 aromatic carbocycles. The van der Waals surface area contributed by atoms with Crippen LogP contribution in [0.1, 0.15) is 38.8 Å². The summed E-state index contributed by atoms with van der Waals surface area (Å²) in [5.41, 5.74) is 2.34. The van der Waals surface area contributed by atoms with Crippen LogP contribution in [-0.4, -0.2) is 25.2 Å². The number of guanidine groups is 1. The van der Waals surface area contributed by atoms with Gasteiger partial charge in [0.1, 0.15) is 5.75 Å². The molecule has 0 saturated carbocycles. The highest BCUT2D eigenvalue weighted by molar-refractivity contribution is 5.79. The summed E-state index contributed by atoms with van der Waals surface area (Å²) in [6.07, 6.45) is 0. The van der Waals surface area contributed by atoms with Crippen LogP contribution in [0.25, 0.3) is 0 Å². The highest BCUT2D eigenvalue weighted by Gasteiger charge is 2.02. The van der Waals surface area contributed by atoms with E-state index in [2.05, 4.69) is 55.5 Å². The first-order valence-electron chi connectivity index (χ1n) is 7.34. The molecule has 0 atom stereocenters. The average molecular weight is 277 g/mol. The van der Waals surface area contributed by atoms with Gasteiger partial charge in [0.15, 0.2) is 5.96 Å². The third-order valence-electron chi connectivity index (χ3n) is 2.73. The molecule has 0 saturated heterocycles. The van der Waals surface area contributed by atoms with E-state index >= 15 is 0 Å². The predicted octanol–water partition coefficient (Wildman–Crippen LogP) is 2.86. The normalized spacial score (nSPS) is 11.6. The van der Waals surface area contributed by atoms with Crippen molar-refractivity contribution >= 4 is 5.96 Å². The molecule has 1 aromatic rings. The zero-order valence-corrected chi connectivity index (χ0v) is 13.3. The number of nitrogens with zero attached hydrogens (tertiary/aromatic N) is 1. The van der Waals surface area contributed by atoms with Gasteiger partial charge in [0.05, 0.1) is 13.2 Å². The summed E-state index contributed by atoms with van der Waals surface area (Å²) in [6, 6.07) is 6.59. The second-order valence-corrected chi connectivity index (χ2v) is 5.03. The van der Waals surface area contributed by atoms with E-state index in [-0.39, 0.29) is 0 Å². The van der Waals surface area contributed by atoms with Gasteiger partial charge < -0.3 is 15.4 Å². The van der Waals surface area contributed by atoms with Crippen LogP contribution in [0.3, 0.4) is 0 Å². The smallest absolute Gasteiger partial charge is 0.191 e. The van der Waals surface area contributed by atoms with Crippen molar-refractivity contribution in [1.29, 1.82) is 0 Å². The molecule has 2 N–H and O–H groups in total. The first-order valence-corrected chi connectivity index (χ1v) is 7.34. The van der Waals surface area contributed by atoms with Gasteiger partial charge in [-0.1, -0.05) is 12.1 Å². The second kappa shape index (κ2) is 8.46. The van der Waals surface area contributed by atoms with Gasteiger partial charge >= 0.3 is 0 Å². The van der Waals surface area contributed by atoms with Gasteiger partial charge in [-0.25, -0.2) is 4.99 Å². The largest absolute Gasteiger partial charge is 0.494 e. The van der Waals surface area contributed by atoms with Crippen LogP contribution in [0.15, 0.2) is 23.2 Å². The Morgan fingerprint density at radius 2 is 2.05 bits per heavy atom. The SMILES string of the molecule is CCNC(=NCc1ccc(OCC)c(C)c1)NC(C)C. The number of ether oxygens (including phenoxy) is 1. The summed E-state index contributed by atoms with van der Waals surface area (Å²) in [6.45, 7) is 12.6. The van der Waals surface area contributed by atoms with Crippen LogP contribution in [0, 0.1) is 6.92 Å². The van der Waals surface area contributed by atoms with Crippen LogP contribution < -0.4 is 15.4 Å². The highest BCUT2D eigenvalue weighted by atomic mass is 16.5. The zero-order valence-electron chi connectivity index (χ0n) is 13.3. The molecule has 0 radical (unpaired) electrons. The molecule has 20 heavy (non-hydrogen) atoms. The first kappa shape index (κ1) is 16.3.